The Morgan fingerprint density at radius 1 is 0.571 bits per heavy atom. The summed E-state index contributed by atoms with van der Waals surface area (Å²) in [5.74, 6) is 0. The van der Waals surface area contributed by atoms with Crippen LogP contribution in [0.5, 0.6) is 0 Å². The van der Waals surface area contributed by atoms with E-state index in [1.807, 2.05) is 0 Å². The second-order valence-electron chi connectivity index (χ2n) is 7.81. The smallest absolute Gasteiger partial charge is 0.0215 e. The average molecular weight is 363 g/mol. The Kier molecular flexibility index (Phi) is 5.12. The van der Waals surface area contributed by atoms with E-state index >= 15 is 0 Å². The maximum atomic E-state index is 2.36. The van der Waals surface area contributed by atoms with Crippen LogP contribution in [-0.2, 0) is 11.8 Å². The minimum absolute atomic E-state index is 0.0679. The summed E-state index contributed by atoms with van der Waals surface area (Å²) in [7, 11) is 0. The molecule has 4 aromatic rings. The van der Waals surface area contributed by atoms with Gasteiger partial charge in [0.05, 0.1) is 0 Å². The van der Waals surface area contributed by atoms with Gasteiger partial charge in [-0.15, -0.1) is 0 Å². The molecule has 0 amide bonds. The predicted molar refractivity (Wildman–Crippen MR) is 120 cm³/mol. The summed E-state index contributed by atoms with van der Waals surface area (Å²) in [6.07, 6.45) is 0.968. The monoisotopic (exact) mass is 362 g/mol. The van der Waals surface area contributed by atoms with Crippen LogP contribution in [0.2, 0.25) is 0 Å². The summed E-state index contributed by atoms with van der Waals surface area (Å²) in [5, 5.41) is 0. The Balaban J connectivity index is 1.70. The van der Waals surface area contributed by atoms with Gasteiger partial charge < -0.3 is 0 Å². The molecule has 0 radical (unpaired) electrons. The van der Waals surface area contributed by atoms with Crippen molar-refractivity contribution < 1.29 is 0 Å². The number of rotatable bonds is 5. The SMILES string of the molecule is Cc1cccc(C(C)(Cc2ccc(-c3ccccc3)cc2)c2ccccc2)c1. The van der Waals surface area contributed by atoms with Crippen molar-refractivity contribution in [3.05, 3.63) is 131 Å². The molecule has 4 aromatic carbocycles. The van der Waals surface area contributed by atoms with Crippen molar-refractivity contribution >= 4 is 0 Å². The molecule has 0 nitrogen and oxygen atoms in total. The third-order valence-electron chi connectivity index (χ3n) is 5.68. The van der Waals surface area contributed by atoms with Gasteiger partial charge in [0, 0.05) is 5.41 Å². The van der Waals surface area contributed by atoms with Gasteiger partial charge in [-0.3, -0.25) is 0 Å². The first-order valence-corrected chi connectivity index (χ1v) is 9.92. The van der Waals surface area contributed by atoms with Crippen molar-refractivity contribution in [2.24, 2.45) is 0 Å². The van der Waals surface area contributed by atoms with Gasteiger partial charge >= 0.3 is 0 Å². The van der Waals surface area contributed by atoms with E-state index in [1.54, 1.807) is 0 Å². The molecule has 1 unspecified atom stereocenters. The number of aryl methyl sites for hydroxylation is 1. The molecule has 0 bridgehead atoms. The van der Waals surface area contributed by atoms with Crippen molar-refractivity contribution in [3.8, 4) is 11.1 Å². The molecule has 0 aliphatic heterocycles. The Morgan fingerprint density at radius 3 is 1.79 bits per heavy atom. The highest BCUT2D eigenvalue weighted by Gasteiger charge is 2.29. The Bertz CT molecular complexity index is 1030. The van der Waals surface area contributed by atoms with Gasteiger partial charge in [-0.2, -0.15) is 0 Å². The maximum absolute atomic E-state index is 2.36. The highest BCUT2D eigenvalue weighted by atomic mass is 14.3. The largest absolute Gasteiger partial charge is 0.0622 e. The fraction of sp³-hybridized carbons (Fsp3) is 0.143. The van der Waals surface area contributed by atoms with E-state index in [0.717, 1.165) is 6.42 Å². The highest BCUT2D eigenvalue weighted by molar-refractivity contribution is 5.63. The van der Waals surface area contributed by atoms with Crippen molar-refractivity contribution in [3.63, 3.8) is 0 Å². The minimum atomic E-state index is -0.0679. The van der Waals surface area contributed by atoms with Crippen LogP contribution in [0.1, 0.15) is 29.2 Å². The topological polar surface area (TPSA) is 0 Å². The lowest BCUT2D eigenvalue weighted by molar-refractivity contribution is 0.567. The number of hydrogen-bond acceptors (Lipinski definition) is 0. The first kappa shape index (κ1) is 18.3. The molecule has 1 atom stereocenters. The molecule has 0 heteroatoms. The zero-order valence-corrected chi connectivity index (χ0v) is 16.6. The lowest BCUT2D eigenvalue weighted by Gasteiger charge is -2.32. The van der Waals surface area contributed by atoms with Gasteiger partial charge in [-0.25, -0.2) is 0 Å². The first-order chi connectivity index (χ1) is 13.6. The van der Waals surface area contributed by atoms with Crippen molar-refractivity contribution in [2.45, 2.75) is 25.7 Å². The van der Waals surface area contributed by atoms with Gasteiger partial charge in [0.15, 0.2) is 0 Å². The molecule has 0 fully saturated rings. The van der Waals surface area contributed by atoms with Gasteiger partial charge in [0.25, 0.3) is 0 Å². The standard InChI is InChI=1S/C28H26/c1-22-10-9-15-27(20-22)28(2,26-13-7-4-8-14-26)21-23-16-18-25(19-17-23)24-11-5-3-6-12-24/h3-20H,21H2,1-2H3. The van der Waals surface area contributed by atoms with Crippen molar-refractivity contribution in [1.82, 2.24) is 0 Å². The molecule has 0 spiro atoms. The van der Waals surface area contributed by atoms with Crippen LogP contribution >= 0.6 is 0 Å². The van der Waals surface area contributed by atoms with E-state index in [0.29, 0.717) is 0 Å². The molecule has 0 aliphatic rings. The fourth-order valence-corrected chi connectivity index (χ4v) is 4.02. The lowest BCUT2D eigenvalue weighted by atomic mass is 9.72. The quantitative estimate of drug-likeness (QED) is 0.352. The average Bonchev–Trinajstić information content (AvgIpc) is 2.75. The van der Waals surface area contributed by atoms with Crippen molar-refractivity contribution in [2.75, 3.05) is 0 Å². The van der Waals surface area contributed by atoms with Crippen LogP contribution in [0.3, 0.4) is 0 Å². The van der Waals surface area contributed by atoms with Crippen LogP contribution in [0, 0.1) is 6.92 Å². The third-order valence-corrected chi connectivity index (χ3v) is 5.68. The molecular formula is C28H26. The van der Waals surface area contributed by atoms with Gasteiger partial charge in [-0.05, 0) is 41.2 Å². The van der Waals surface area contributed by atoms with E-state index in [4.69, 9.17) is 0 Å². The molecule has 0 saturated heterocycles. The van der Waals surface area contributed by atoms with Crippen LogP contribution in [0.25, 0.3) is 11.1 Å². The van der Waals surface area contributed by atoms with Crippen LogP contribution in [0.15, 0.2) is 109 Å². The van der Waals surface area contributed by atoms with Crippen LogP contribution in [-0.4, -0.2) is 0 Å². The van der Waals surface area contributed by atoms with E-state index in [-0.39, 0.29) is 5.41 Å². The molecule has 0 N–H and O–H groups in total. The number of hydrogen-bond donors (Lipinski definition) is 0. The second kappa shape index (κ2) is 7.86. The normalized spacial score (nSPS) is 13.1. The predicted octanol–water partition coefficient (Wildman–Crippen LogP) is 7.21. The summed E-state index contributed by atoms with van der Waals surface area (Å²) in [4.78, 5) is 0. The first-order valence-electron chi connectivity index (χ1n) is 9.92. The Labute approximate surface area is 168 Å². The maximum Gasteiger partial charge on any atom is 0.0215 e. The van der Waals surface area contributed by atoms with Crippen molar-refractivity contribution in [1.29, 1.82) is 0 Å². The van der Waals surface area contributed by atoms with Crippen LogP contribution in [0.4, 0.5) is 0 Å². The Morgan fingerprint density at radius 2 is 1.14 bits per heavy atom. The summed E-state index contributed by atoms with van der Waals surface area (Å²) in [5.41, 5.74) is 7.84. The highest BCUT2D eigenvalue weighted by Crippen LogP contribution is 2.36. The molecule has 28 heavy (non-hydrogen) atoms. The molecule has 138 valence electrons. The van der Waals surface area contributed by atoms with E-state index < -0.39 is 0 Å². The van der Waals surface area contributed by atoms with Gasteiger partial charge in [0.1, 0.15) is 0 Å². The molecule has 0 saturated carbocycles. The fourth-order valence-electron chi connectivity index (χ4n) is 4.02. The summed E-state index contributed by atoms with van der Waals surface area (Å²) in [6, 6.07) is 39.4. The summed E-state index contributed by atoms with van der Waals surface area (Å²) >= 11 is 0. The second-order valence-corrected chi connectivity index (χ2v) is 7.81. The Hall–Kier alpha value is -3.12. The van der Waals surface area contributed by atoms with Gasteiger partial charge in [-0.1, -0.05) is 122 Å². The summed E-state index contributed by atoms with van der Waals surface area (Å²) in [6.45, 7) is 4.53. The van der Waals surface area contributed by atoms with E-state index in [1.165, 1.54) is 33.4 Å². The zero-order valence-electron chi connectivity index (χ0n) is 16.6. The zero-order chi connectivity index (χ0) is 19.4. The third kappa shape index (κ3) is 3.77. The molecule has 0 aromatic heterocycles. The van der Waals surface area contributed by atoms with Crippen LogP contribution < -0.4 is 0 Å². The van der Waals surface area contributed by atoms with E-state index in [9.17, 15) is 0 Å². The molecule has 0 aliphatic carbocycles. The number of benzene rings is 4. The minimum Gasteiger partial charge on any atom is -0.0622 e. The van der Waals surface area contributed by atoms with E-state index in [2.05, 4.69) is 123 Å². The summed E-state index contributed by atoms with van der Waals surface area (Å²) < 4.78 is 0. The molecular weight excluding hydrogens is 336 g/mol. The molecule has 4 rings (SSSR count). The van der Waals surface area contributed by atoms with Gasteiger partial charge in [0.2, 0.25) is 0 Å². The lowest BCUT2D eigenvalue weighted by Crippen LogP contribution is -2.26. The molecule has 0 heterocycles.